The molecule has 8 nitrogen and oxygen atoms in total. The lowest BCUT2D eigenvalue weighted by Gasteiger charge is -2.37. The zero-order chi connectivity index (χ0) is 17.1. The fourth-order valence-corrected chi connectivity index (χ4v) is 3.49. The predicted octanol–water partition coefficient (Wildman–Crippen LogP) is -0.170. The lowest BCUT2D eigenvalue weighted by Crippen LogP contribution is -2.58. The molecule has 2 N–H and O–H groups in total. The molecule has 1 aromatic rings. The summed E-state index contributed by atoms with van der Waals surface area (Å²) < 4.78 is 2.09. The van der Waals surface area contributed by atoms with E-state index in [1.807, 2.05) is 13.8 Å². The molecule has 0 spiro atoms. The molecule has 1 unspecified atom stereocenters. The Kier molecular flexibility index (Phi) is 5.13. The molecule has 132 valence electrons. The molecule has 1 saturated heterocycles. The van der Waals surface area contributed by atoms with Crippen molar-refractivity contribution in [1.82, 2.24) is 30.3 Å². The van der Waals surface area contributed by atoms with E-state index in [9.17, 15) is 9.59 Å². The molecule has 1 atom stereocenters. The Labute approximate surface area is 142 Å². The van der Waals surface area contributed by atoms with E-state index in [1.54, 1.807) is 0 Å². The van der Waals surface area contributed by atoms with Crippen LogP contribution in [0.15, 0.2) is 0 Å². The molecule has 0 saturated carbocycles. The summed E-state index contributed by atoms with van der Waals surface area (Å²) in [5, 5.41) is 14.1. The van der Waals surface area contributed by atoms with Gasteiger partial charge in [-0.05, 0) is 26.7 Å². The van der Waals surface area contributed by atoms with E-state index in [4.69, 9.17) is 0 Å². The van der Waals surface area contributed by atoms with Gasteiger partial charge in [0.1, 0.15) is 5.82 Å². The van der Waals surface area contributed by atoms with Crippen LogP contribution in [0.3, 0.4) is 0 Å². The van der Waals surface area contributed by atoms with Crippen molar-refractivity contribution < 1.29 is 9.59 Å². The normalized spacial score (nSPS) is 21.5. The van der Waals surface area contributed by atoms with Gasteiger partial charge in [0.2, 0.25) is 11.8 Å². The van der Waals surface area contributed by atoms with Gasteiger partial charge in [0.05, 0.1) is 19.0 Å². The number of piperazine rings is 1. The Hall–Kier alpha value is -1.96. The van der Waals surface area contributed by atoms with E-state index in [0.717, 1.165) is 44.0 Å². The summed E-state index contributed by atoms with van der Waals surface area (Å²) in [6.07, 6.45) is 3.39. The molecule has 1 aromatic heterocycles. The molecule has 8 heteroatoms. The van der Waals surface area contributed by atoms with Gasteiger partial charge in [0.15, 0.2) is 5.82 Å². The van der Waals surface area contributed by atoms with Gasteiger partial charge >= 0.3 is 0 Å². The Morgan fingerprint density at radius 3 is 2.96 bits per heavy atom. The second kappa shape index (κ2) is 7.29. The molecule has 24 heavy (non-hydrogen) atoms. The Morgan fingerprint density at radius 2 is 2.17 bits per heavy atom. The van der Waals surface area contributed by atoms with Gasteiger partial charge in [-0.2, -0.15) is 0 Å². The number of nitrogens with one attached hydrogen (secondary N) is 2. The molecule has 1 fully saturated rings. The van der Waals surface area contributed by atoms with Crippen LogP contribution in [0.1, 0.15) is 44.8 Å². The maximum Gasteiger partial charge on any atom is 0.237 e. The molecule has 2 aliphatic rings. The maximum absolute atomic E-state index is 12.3. The maximum atomic E-state index is 12.3. The van der Waals surface area contributed by atoms with Crippen molar-refractivity contribution in [2.45, 2.75) is 64.7 Å². The minimum Gasteiger partial charge on any atom is -0.353 e. The largest absolute Gasteiger partial charge is 0.353 e. The fraction of sp³-hybridized carbons (Fsp3) is 0.750. The summed E-state index contributed by atoms with van der Waals surface area (Å²) in [6, 6.07) is -0.163. The summed E-state index contributed by atoms with van der Waals surface area (Å²) in [7, 11) is 0. The summed E-state index contributed by atoms with van der Waals surface area (Å²) in [5.74, 6) is 1.61. The number of nitrogens with zero attached hydrogens (tertiary/aromatic N) is 4. The zero-order valence-electron chi connectivity index (χ0n) is 14.4. The molecule has 0 radical (unpaired) electrons. The molecular weight excluding hydrogens is 308 g/mol. The lowest BCUT2D eigenvalue weighted by atomic mass is 10.1. The van der Waals surface area contributed by atoms with Gasteiger partial charge < -0.3 is 15.2 Å². The minimum atomic E-state index is -0.397. The van der Waals surface area contributed by atoms with Crippen LogP contribution in [0.2, 0.25) is 0 Å². The second-order valence-electron chi connectivity index (χ2n) is 6.76. The lowest BCUT2D eigenvalue weighted by molar-refractivity contribution is -0.134. The predicted molar refractivity (Wildman–Crippen MR) is 88.1 cm³/mol. The number of aryl methyl sites for hydroxylation is 1. The monoisotopic (exact) mass is 334 g/mol. The molecule has 0 bridgehead atoms. The third kappa shape index (κ3) is 3.58. The zero-order valence-corrected chi connectivity index (χ0v) is 14.4. The highest BCUT2D eigenvalue weighted by Gasteiger charge is 2.33. The number of hydrogen-bond acceptors (Lipinski definition) is 5. The van der Waals surface area contributed by atoms with E-state index in [2.05, 4.69) is 30.3 Å². The molecule has 3 heterocycles. The summed E-state index contributed by atoms with van der Waals surface area (Å²) in [5.41, 5.74) is 0. The van der Waals surface area contributed by atoms with Crippen LogP contribution in [-0.4, -0.2) is 56.7 Å². The van der Waals surface area contributed by atoms with Crippen molar-refractivity contribution >= 4 is 11.8 Å². The number of rotatable bonds is 5. The molecule has 0 aliphatic carbocycles. The topological polar surface area (TPSA) is 92.2 Å². The smallest absolute Gasteiger partial charge is 0.237 e. The third-order valence-electron chi connectivity index (χ3n) is 4.79. The first kappa shape index (κ1) is 16.9. The average Bonchev–Trinajstić information content (AvgIpc) is 2.98. The first-order chi connectivity index (χ1) is 11.6. The quantitative estimate of drug-likeness (QED) is 0.780. The van der Waals surface area contributed by atoms with Crippen molar-refractivity contribution in [3.8, 4) is 0 Å². The van der Waals surface area contributed by atoms with Crippen molar-refractivity contribution in [2.75, 3.05) is 13.1 Å². The second-order valence-corrected chi connectivity index (χ2v) is 6.76. The number of fused-ring (bicyclic) bond motifs is 1. The summed E-state index contributed by atoms with van der Waals surface area (Å²) in [4.78, 5) is 26.5. The highest BCUT2D eigenvalue weighted by molar-refractivity contribution is 5.88. The van der Waals surface area contributed by atoms with Gasteiger partial charge in [0, 0.05) is 32.1 Å². The number of carbonyl (C=O) groups excluding carboxylic acids is 2. The molecule has 3 rings (SSSR count). The van der Waals surface area contributed by atoms with Crippen molar-refractivity contribution in [1.29, 1.82) is 0 Å². The average molecular weight is 334 g/mol. The molecule has 2 aliphatic heterocycles. The van der Waals surface area contributed by atoms with Gasteiger partial charge in [-0.3, -0.25) is 14.5 Å². The van der Waals surface area contributed by atoms with Crippen molar-refractivity contribution in [3.05, 3.63) is 11.6 Å². The van der Waals surface area contributed by atoms with Gasteiger partial charge in [-0.25, -0.2) is 0 Å². The van der Waals surface area contributed by atoms with Gasteiger partial charge in [-0.15, -0.1) is 10.2 Å². The standard InChI is InChI=1S/C16H26N6O2/c1-11(2)21-8-6-17-16(24)12(21)9-15(23)18-10-14-20-19-13-5-3-4-7-22(13)14/h11-12H,3-10H2,1-2H3,(H,17,24)(H,18,23). The van der Waals surface area contributed by atoms with Crippen LogP contribution in [0.25, 0.3) is 0 Å². The summed E-state index contributed by atoms with van der Waals surface area (Å²) in [6.45, 7) is 6.79. The number of carbonyl (C=O) groups is 2. The first-order valence-corrected chi connectivity index (χ1v) is 8.77. The van der Waals surface area contributed by atoms with Crippen LogP contribution < -0.4 is 10.6 Å². The SMILES string of the molecule is CC(C)N1CCNC(=O)C1CC(=O)NCc1nnc2n1CCCC2. The number of aromatic nitrogens is 3. The van der Waals surface area contributed by atoms with Crippen LogP contribution in [0.4, 0.5) is 0 Å². The first-order valence-electron chi connectivity index (χ1n) is 8.77. The third-order valence-corrected chi connectivity index (χ3v) is 4.79. The van der Waals surface area contributed by atoms with Crippen LogP contribution >= 0.6 is 0 Å². The van der Waals surface area contributed by atoms with E-state index in [0.29, 0.717) is 13.1 Å². The molecular formula is C16H26N6O2. The Bertz CT molecular complexity index is 612. The van der Waals surface area contributed by atoms with Crippen molar-refractivity contribution in [2.24, 2.45) is 0 Å². The van der Waals surface area contributed by atoms with E-state index in [-0.39, 0.29) is 24.3 Å². The highest BCUT2D eigenvalue weighted by Crippen LogP contribution is 2.15. The van der Waals surface area contributed by atoms with Crippen molar-refractivity contribution in [3.63, 3.8) is 0 Å². The molecule has 0 aromatic carbocycles. The Morgan fingerprint density at radius 1 is 1.33 bits per heavy atom. The fourth-order valence-electron chi connectivity index (χ4n) is 3.49. The van der Waals surface area contributed by atoms with Crippen LogP contribution in [-0.2, 0) is 29.1 Å². The van der Waals surface area contributed by atoms with E-state index in [1.165, 1.54) is 0 Å². The van der Waals surface area contributed by atoms with Gasteiger partial charge in [-0.1, -0.05) is 0 Å². The summed E-state index contributed by atoms with van der Waals surface area (Å²) >= 11 is 0. The van der Waals surface area contributed by atoms with Crippen LogP contribution in [0, 0.1) is 0 Å². The highest BCUT2D eigenvalue weighted by atomic mass is 16.2. The number of amides is 2. The van der Waals surface area contributed by atoms with Gasteiger partial charge in [0.25, 0.3) is 0 Å². The Balaban J connectivity index is 1.57. The van der Waals surface area contributed by atoms with Crippen LogP contribution in [0.5, 0.6) is 0 Å². The van der Waals surface area contributed by atoms with E-state index < -0.39 is 6.04 Å². The number of hydrogen-bond donors (Lipinski definition) is 2. The molecule has 2 amide bonds. The minimum absolute atomic E-state index is 0.0649. The van der Waals surface area contributed by atoms with E-state index >= 15 is 0 Å².